The molecule has 4 aromatic rings. The molecule has 0 amide bonds. The van der Waals surface area contributed by atoms with Gasteiger partial charge in [0.15, 0.2) is 5.82 Å². The van der Waals surface area contributed by atoms with Crippen molar-refractivity contribution in [2.45, 2.75) is 64.5 Å². The lowest BCUT2D eigenvalue weighted by atomic mass is 9.89. The summed E-state index contributed by atoms with van der Waals surface area (Å²) in [5.74, 6) is 1.15. The van der Waals surface area contributed by atoms with E-state index in [0.717, 1.165) is 47.1 Å². The van der Waals surface area contributed by atoms with Gasteiger partial charge in [0, 0.05) is 42.3 Å². The molecule has 38 heavy (non-hydrogen) atoms. The van der Waals surface area contributed by atoms with Crippen LogP contribution >= 0.6 is 11.6 Å². The summed E-state index contributed by atoms with van der Waals surface area (Å²) in [4.78, 5) is 26.4. The Balaban J connectivity index is 1.60. The summed E-state index contributed by atoms with van der Waals surface area (Å²) in [5, 5.41) is 14.3. The van der Waals surface area contributed by atoms with Gasteiger partial charge in [-0.1, -0.05) is 36.9 Å². The number of hydrogen-bond acceptors (Lipinski definition) is 6. The average Bonchev–Trinajstić information content (AvgIpc) is 2.92. The average molecular weight is 527 g/mol. The molecule has 0 saturated heterocycles. The van der Waals surface area contributed by atoms with E-state index in [1.165, 1.54) is 19.3 Å². The van der Waals surface area contributed by atoms with Gasteiger partial charge in [-0.05, 0) is 74.4 Å². The fourth-order valence-electron chi connectivity index (χ4n) is 5.43. The van der Waals surface area contributed by atoms with E-state index in [4.69, 9.17) is 11.6 Å². The number of nitrogens with one attached hydrogen (secondary N) is 1. The van der Waals surface area contributed by atoms with Crippen LogP contribution in [0.15, 0.2) is 59.8 Å². The Labute approximate surface area is 227 Å². The highest BCUT2D eigenvalue weighted by Crippen LogP contribution is 2.32. The Morgan fingerprint density at radius 2 is 1.84 bits per heavy atom. The largest absolute Gasteiger partial charge is 0.372 e. The van der Waals surface area contributed by atoms with Gasteiger partial charge in [0.25, 0.3) is 5.56 Å². The molecular weight excluding hydrogens is 496 g/mol. The minimum absolute atomic E-state index is 0.0178. The first-order valence-corrected chi connectivity index (χ1v) is 13.5. The third-order valence-electron chi connectivity index (χ3n) is 7.41. The van der Waals surface area contributed by atoms with Crippen LogP contribution in [0, 0.1) is 17.2 Å². The summed E-state index contributed by atoms with van der Waals surface area (Å²) in [7, 11) is 0. The summed E-state index contributed by atoms with van der Waals surface area (Å²) >= 11 is 6.18. The number of benzene rings is 1. The molecule has 5 rings (SSSR count). The van der Waals surface area contributed by atoms with Gasteiger partial charge in [0.1, 0.15) is 11.2 Å². The van der Waals surface area contributed by atoms with E-state index in [-0.39, 0.29) is 10.7 Å². The van der Waals surface area contributed by atoms with Gasteiger partial charge in [-0.25, -0.2) is 15.0 Å². The van der Waals surface area contributed by atoms with Gasteiger partial charge in [0.2, 0.25) is 0 Å². The molecule has 1 aromatic carbocycles. The third kappa shape index (κ3) is 5.41. The Hall–Kier alpha value is -3.76. The molecule has 1 aliphatic carbocycles. The smallest absolute Gasteiger partial charge is 0.253 e. The van der Waals surface area contributed by atoms with E-state index >= 15 is 0 Å². The first-order valence-electron chi connectivity index (χ1n) is 13.1. The van der Waals surface area contributed by atoms with Gasteiger partial charge in [0.05, 0.1) is 16.6 Å². The monoisotopic (exact) mass is 526 g/mol. The maximum atomic E-state index is 13.5. The summed E-state index contributed by atoms with van der Waals surface area (Å²) in [6.07, 6.45) is 11.6. The summed E-state index contributed by atoms with van der Waals surface area (Å²) in [5.41, 5.74) is 3.21. The number of nitriles is 1. The molecule has 194 valence electrons. The maximum Gasteiger partial charge on any atom is 0.253 e. The highest BCUT2D eigenvalue weighted by atomic mass is 35.5. The minimum Gasteiger partial charge on any atom is -0.372 e. The molecule has 1 fully saturated rings. The van der Waals surface area contributed by atoms with Crippen LogP contribution in [0.5, 0.6) is 0 Å². The quantitative estimate of drug-likeness (QED) is 0.287. The topological polar surface area (TPSA) is 96.5 Å². The standard InChI is InChI=1S/C30H31ClN6O/c1-30(2,29-34-12-6-13-35-29)36-25-17-27(38)37(19-20-7-4-3-5-8-20)26-10-9-21(16-23(25)26)15-22-11-14-33-28(31)24(22)18-32/h6,9-14,16-17,20,36H,3-5,7-8,15,19H2,1-2H3. The predicted octanol–water partition coefficient (Wildman–Crippen LogP) is 6.23. The third-order valence-corrected chi connectivity index (χ3v) is 7.70. The van der Waals surface area contributed by atoms with Crippen LogP contribution in [-0.2, 0) is 18.5 Å². The van der Waals surface area contributed by atoms with Crippen molar-refractivity contribution in [1.82, 2.24) is 19.5 Å². The first-order chi connectivity index (χ1) is 18.4. The lowest BCUT2D eigenvalue weighted by Gasteiger charge is -2.28. The van der Waals surface area contributed by atoms with Gasteiger partial charge < -0.3 is 9.88 Å². The van der Waals surface area contributed by atoms with E-state index in [1.807, 2.05) is 36.6 Å². The number of halogens is 1. The Morgan fingerprint density at radius 3 is 2.58 bits per heavy atom. The van der Waals surface area contributed by atoms with Crippen molar-refractivity contribution in [2.24, 2.45) is 5.92 Å². The van der Waals surface area contributed by atoms with Crippen molar-refractivity contribution in [3.63, 3.8) is 0 Å². The zero-order chi connectivity index (χ0) is 26.7. The van der Waals surface area contributed by atoms with E-state index in [2.05, 4.69) is 32.4 Å². The van der Waals surface area contributed by atoms with Crippen molar-refractivity contribution in [1.29, 1.82) is 5.26 Å². The summed E-state index contributed by atoms with van der Waals surface area (Å²) in [6, 6.07) is 13.7. The van der Waals surface area contributed by atoms with E-state index in [0.29, 0.717) is 23.7 Å². The van der Waals surface area contributed by atoms with Crippen LogP contribution in [0.1, 0.15) is 68.5 Å². The summed E-state index contributed by atoms with van der Waals surface area (Å²) in [6.45, 7) is 4.73. The van der Waals surface area contributed by atoms with Crippen molar-refractivity contribution in [3.8, 4) is 6.07 Å². The molecule has 0 atom stereocenters. The molecular formula is C30H31ClN6O. The predicted molar refractivity (Wildman–Crippen MR) is 150 cm³/mol. The molecule has 1 N–H and O–H groups in total. The second-order valence-electron chi connectivity index (χ2n) is 10.6. The van der Waals surface area contributed by atoms with Crippen molar-refractivity contribution in [3.05, 3.63) is 93.0 Å². The Kier molecular flexibility index (Phi) is 7.44. The molecule has 0 spiro atoms. The molecule has 8 heteroatoms. The van der Waals surface area contributed by atoms with E-state index in [1.54, 1.807) is 30.7 Å². The Bertz CT molecular complexity index is 1550. The number of fused-ring (bicyclic) bond motifs is 1. The van der Waals surface area contributed by atoms with E-state index in [9.17, 15) is 10.1 Å². The maximum absolute atomic E-state index is 13.5. The SMILES string of the molecule is CC(C)(Nc1cc(=O)n(CC2CCCCC2)c2ccc(Cc3ccnc(Cl)c3C#N)cc12)c1ncccn1. The fourth-order valence-corrected chi connectivity index (χ4v) is 5.65. The number of pyridine rings is 2. The van der Waals surface area contributed by atoms with Crippen molar-refractivity contribution in [2.75, 3.05) is 5.32 Å². The fraction of sp³-hybridized carbons (Fsp3) is 0.367. The molecule has 7 nitrogen and oxygen atoms in total. The van der Waals surface area contributed by atoms with Crippen molar-refractivity contribution >= 4 is 28.2 Å². The second kappa shape index (κ2) is 10.9. The molecule has 0 unspecified atom stereocenters. The highest BCUT2D eigenvalue weighted by Gasteiger charge is 2.25. The van der Waals surface area contributed by atoms with Crippen LogP contribution in [-0.4, -0.2) is 19.5 Å². The number of hydrogen-bond donors (Lipinski definition) is 1. The number of nitrogens with zero attached hydrogens (tertiary/aromatic N) is 5. The van der Waals surface area contributed by atoms with Crippen LogP contribution in [0.2, 0.25) is 5.15 Å². The van der Waals surface area contributed by atoms with Gasteiger partial charge in [-0.15, -0.1) is 0 Å². The molecule has 1 saturated carbocycles. The molecule has 3 aromatic heterocycles. The lowest BCUT2D eigenvalue weighted by molar-refractivity contribution is 0.320. The van der Waals surface area contributed by atoms with E-state index < -0.39 is 5.54 Å². The number of anilines is 1. The van der Waals surface area contributed by atoms with Gasteiger partial charge in [-0.3, -0.25) is 4.79 Å². The number of aromatic nitrogens is 4. The van der Waals surface area contributed by atoms with Gasteiger partial charge >= 0.3 is 0 Å². The van der Waals surface area contributed by atoms with Crippen LogP contribution in [0.4, 0.5) is 5.69 Å². The molecule has 0 bridgehead atoms. The van der Waals surface area contributed by atoms with Gasteiger partial charge in [-0.2, -0.15) is 5.26 Å². The number of rotatable bonds is 7. The zero-order valence-corrected chi connectivity index (χ0v) is 22.5. The minimum atomic E-state index is -0.612. The van der Waals surface area contributed by atoms with Crippen LogP contribution in [0.25, 0.3) is 10.9 Å². The lowest BCUT2D eigenvalue weighted by Crippen LogP contribution is -2.32. The normalized spacial score (nSPS) is 14.4. The molecule has 0 aliphatic heterocycles. The summed E-state index contributed by atoms with van der Waals surface area (Å²) < 4.78 is 1.93. The van der Waals surface area contributed by atoms with Crippen LogP contribution < -0.4 is 10.9 Å². The molecule has 0 radical (unpaired) electrons. The highest BCUT2D eigenvalue weighted by molar-refractivity contribution is 6.30. The van der Waals surface area contributed by atoms with Crippen molar-refractivity contribution < 1.29 is 0 Å². The van der Waals surface area contributed by atoms with Crippen LogP contribution in [0.3, 0.4) is 0 Å². The molecule has 1 aliphatic rings. The second-order valence-corrected chi connectivity index (χ2v) is 11.0. The Morgan fingerprint density at radius 1 is 1.08 bits per heavy atom. The first kappa shape index (κ1) is 25.9. The zero-order valence-electron chi connectivity index (χ0n) is 21.7. The molecule has 3 heterocycles.